The van der Waals surface area contributed by atoms with E-state index < -0.39 is 0 Å². The van der Waals surface area contributed by atoms with Gasteiger partial charge in [0.05, 0.1) is 0 Å². The van der Waals surface area contributed by atoms with E-state index in [0.717, 1.165) is 12.3 Å². The van der Waals surface area contributed by atoms with Gasteiger partial charge in [0.25, 0.3) is 0 Å². The minimum Gasteiger partial charge on any atom is -0.245 e. The Morgan fingerprint density at radius 1 is 1.45 bits per heavy atom. The molecule has 58 valence electrons. The van der Waals surface area contributed by atoms with Gasteiger partial charge in [-0.3, -0.25) is 0 Å². The average Bonchev–Trinajstić information content (AvgIpc) is 2.86. The van der Waals surface area contributed by atoms with Crippen molar-refractivity contribution in [1.29, 1.82) is 0 Å². The third kappa shape index (κ3) is 2.00. The second-order valence-corrected chi connectivity index (χ2v) is 3.18. The first-order valence-electron chi connectivity index (χ1n) is 4.20. The molecule has 1 aromatic rings. The lowest BCUT2D eigenvalue weighted by molar-refractivity contribution is 0.712. The second-order valence-electron chi connectivity index (χ2n) is 3.18. The average molecular weight is 148 g/mol. The molecular weight excluding hydrogens is 136 g/mol. The Hall–Kier alpha value is -0.920. The van der Waals surface area contributed by atoms with Crippen molar-refractivity contribution in [3.8, 4) is 0 Å². The van der Waals surface area contributed by atoms with Crippen molar-refractivity contribution in [2.24, 2.45) is 5.92 Å². The predicted molar refractivity (Wildman–Crippen MR) is 43.1 cm³/mol. The minimum absolute atomic E-state index is 1.00. The van der Waals surface area contributed by atoms with Gasteiger partial charge in [-0.2, -0.15) is 0 Å². The summed E-state index contributed by atoms with van der Waals surface area (Å²) in [6.07, 6.45) is 8.76. The van der Waals surface area contributed by atoms with Crippen LogP contribution in [0.25, 0.3) is 0 Å². The van der Waals surface area contributed by atoms with Crippen molar-refractivity contribution in [1.82, 2.24) is 9.97 Å². The van der Waals surface area contributed by atoms with Crippen molar-refractivity contribution in [3.63, 3.8) is 0 Å². The molecule has 1 aliphatic rings. The van der Waals surface area contributed by atoms with Crippen LogP contribution >= 0.6 is 0 Å². The van der Waals surface area contributed by atoms with Crippen LogP contribution in [0, 0.1) is 5.92 Å². The van der Waals surface area contributed by atoms with E-state index in [2.05, 4.69) is 9.97 Å². The molecule has 0 N–H and O–H groups in total. The number of nitrogens with zero attached hydrogens (tertiary/aromatic N) is 2. The molecule has 0 aliphatic heterocycles. The Bertz CT molecular complexity index is 216. The van der Waals surface area contributed by atoms with Crippen molar-refractivity contribution in [2.45, 2.75) is 25.7 Å². The van der Waals surface area contributed by atoms with Crippen LogP contribution in [0.3, 0.4) is 0 Å². The number of aryl methyl sites for hydroxylation is 1. The predicted octanol–water partition coefficient (Wildman–Crippen LogP) is 1.82. The van der Waals surface area contributed by atoms with E-state index in [0.29, 0.717) is 0 Å². The van der Waals surface area contributed by atoms with Gasteiger partial charge in [-0.25, -0.2) is 9.97 Å². The lowest BCUT2D eigenvalue weighted by Gasteiger charge is -1.96. The van der Waals surface area contributed by atoms with E-state index in [9.17, 15) is 0 Å². The SMILES string of the molecule is c1cc(CCC2CC2)ncn1. The van der Waals surface area contributed by atoms with Crippen LogP contribution in [0.1, 0.15) is 25.0 Å². The summed E-state index contributed by atoms with van der Waals surface area (Å²) >= 11 is 0. The van der Waals surface area contributed by atoms with Crippen molar-refractivity contribution < 1.29 is 0 Å². The maximum Gasteiger partial charge on any atom is 0.115 e. The smallest absolute Gasteiger partial charge is 0.115 e. The first-order valence-corrected chi connectivity index (χ1v) is 4.20. The fourth-order valence-electron chi connectivity index (χ4n) is 1.22. The zero-order valence-electron chi connectivity index (χ0n) is 6.53. The zero-order chi connectivity index (χ0) is 7.52. The van der Waals surface area contributed by atoms with E-state index in [-0.39, 0.29) is 0 Å². The van der Waals surface area contributed by atoms with Gasteiger partial charge in [-0.15, -0.1) is 0 Å². The topological polar surface area (TPSA) is 25.8 Å². The van der Waals surface area contributed by atoms with Crippen LogP contribution in [-0.2, 0) is 6.42 Å². The maximum atomic E-state index is 4.17. The Morgan fingerprint density at radius 3 is 3.00 bits per heavy atom. The lowest BCUT2D eigenvalue weighted by atomic mass is 10.2. The highest BCUT2D eigenvalue weighted by Gasteiger charge is 2.20. The fraction of sp³-hybridized carbons (Fsp3) is 0.556. The lowest BCUT2D eigenvalue weighted by Crippen LogP contribution is -1.90. The van der Waals surface area contributed by atoms with Crippen LogP contribution in [0.2, 0.25) is 0 Å². The normalized spacial score (nSPS) is 16.7. The second kappa shape index (κ2) is 2.99. The van der Waals surface area contributed by atoms with Gasteiger partial charge < -0.3 is 0 Å². The molecule has 1 aromatic heterocycles. The molecule has 0 saturated heterocycles. The van der Waals surface area contributed by atoms with E-state index in [1.807, 2.05) is 12.3 Å². The van der Waals surface area contributed by atoms with E-state index in [1.54, 1.807) is 6.33 Å². The van der Waals surface area contributed by atoms with E-state index in [1.165, 1.54) is 25.0 Å². The highest BCUT2D eigenvalue weighted by molar-refractivity contribution is 4.98. The molecule has 11 heavy (non-hydrogen) atoms. The van der Waals surface area contributed by atoms with Crippen LogP contribution in [0.4, 0.5) is 0 Å². The Morgan fingerprint density at radius 2 is 2.36 bits per heavy atom. The first kappa shape index (κ1) is 6.77. The standard InChI is InChI=1S/C9H12N2/c1-2-8(1)3-4-9-5-6-10-7-11-9/h5-8H,1-4H2. The molecule has 0 atom stereocenters. The number of hydrogen-bond acceptors (Lipinski definition) is 2. The molecule has 0 spiro atoms. The number of aromatic nitrogens is 2. The Labute approximate surface area is 66.7 Å². The number of hydrogen-bond donors (Lipinski definition) is 0. The molecule has 0 unspecified atom stereocenters. The summed E-state index contributed by atoms with van der Waals surface area (Å²) in [7, 11) is 0. The molecular formula is C9H12N2. The summed E-state index contributed by atoms with van der Waals surface area (Å²) in [6.45, 7) is 0. The van der Waals surface area contributed by atoms with E-state index in [4.69, 9.17) is 0 Å². The molecule has 2 nitrogen and oxygen atoms in total. The molecule has 0 bridgehead atoms. The first-order chi connectivity index (χ1) is 5.45. The summed E-state index contributed by atoms with van der Waals surface area (Å²) in [4.78, 5) is 8.04. The van der Waals surface area contributed by atoms with Crippen molar-refractivity contribution in [2.75, 3.05) is 0 Å². The highest BCUT2D eigenvalue weighted by atomic mass is 14.8. The molecule has 0 amide bonds. The third-order valence-corrected chi connectivity index (χ3v) is 2.15. The van der Waals surface area contributed by atoms with Gasteiger partial charge >= 0.3 is 0 Å². The molecule has 1 aliphatic carbocycles. The Balaban J connectivity index is 1.85. The Kier molecular flexibility index (Phi) is 1.84. The quantitative estimate of drug-likeness (QED) is 0.653. The third-order valence-electron chi connectivity index (χ3n) is 2.15. The van der Waals surface area contributed by atoms with Crippen molar-refractivity contribution >= 4 is 0 Å². The molecule has 2 heteroatoms. The van der Waals surface area contributed by atoms with Crippen LogP contribution in [0.15, 0.2) is 18.6 Å². The largest absolute Gasteiger partial charge is 0.245 e. The van der Waals surface area contributed by atoms with E-state index >= 15 is 0 Å². The molecule has 1 saturated carbocycles. The van der Waals surface area contributed by atoms with Crippen LogP contribution in [0.5, 0.6) is 0 Å². The summed E-state index contributed by atoms with van der Waals surface area (Å²) in [6, 6.07) is 2.00. The molecule has 1 heterocycles. The van der Waals surface area contributed by atoms with Gasteiger partial charge in [0.2, 0.25) is 0 Å². The summed E-state index contributed by atoms with van der Waals surface area (Å²) < 4.78 is 0. The van der Waals surface area contributed by atoms with Gasteiger partial charge in [-0.1, -0.05) is 12.8 Å². The van der Waals surface area contributed by atoms with Crippen molar-refractivity contribution in [3.05, 3.63) is 24.3 Å². The summed E-state index contributed by atoms with van der Waals surface area (Å²) in [5, 5.41) is 0. The minimum atomic E-state index is 1.00. The van der Waals surface area contributed by atoms with Gasteiger partial charge in [0.1, 0.15) is 6.33 Å². The zero-order valence-corrected chi connectivity index (χ0v) is 6.53. The summed E-state index contributed by atoms with van der Waals surface area (Å²) in [5.74, 6) is 1.00. The monoisotopic (exact) mass is 148 g/mol. The van der Waals surface area contributed by atoms with Gasteiger partial charge in [0, 0.05) is 11.9 Å². The maximum absolute atomic E-state index is 4.17. The van der Waals surface area contributed by atoms with Gasteiger partial charge in [-0.05, 0) is 24.8 Å². The van der Waals surface area contributed by atoms with Crippen LogP contribution < -0.4 is 0 Å². The number of rotatable bonds is 3. The molecule has 0 radical (unpaired) electrons. The molecule has 2 rings (SSSR count). The highest BCUT2D eigenvalue weighted by Crippen LogP contribution is 2.33. The molecule has 1 fully saturated rings. The van der Waals surface area contributed by atoms with Gasteiger partial charge in [0.15, 0.2) is 0 Å². The fourth-order valence-corrected chi connectivity index (χ4v) is 1.22. The van der Waals surface area contributed by atoms with Crippen LogP contribution in [-0.4, -0.2) is 9.97 Å². The summed E-state index contributed by atoms with van der Waals surface area (Å²) in [5.41, 5.74) is 1.19. The molecule has 0 aromatic carbocycles.